The second-order valence-corrected chi connectivity index (χ2v) is 7.57. The van der Waals surface area contributed by atoms with Gasteiger partial charge >= 0.3 is 5.97 Å². The molecule has 2 aliphatic heterocycles. The molecule has 0 bridgehead atoms. The van der Waals surface area contributed by atoms with Crippen LogP contribution < -0.4 is 10.1 Å². The maximum absolute atomic E-state index is 12.5. The van der Waals surface area contributed by atoms with Crippen LogP contribution in [0.3, 0.4) is 0 Å². The van der Waals surface area contributed by atoms with E-state index in [-0.39, 0.29) is 16.7 Å². The molecule has 128 valence electrons. The number of carbonyl (C=O) groups is 3. The molecule has 0 saturated carbocycles. The van der Waals surface area contributed by atoms with E-state index in [1.807, 2.05) is 13.8 Å². The summed E-state index contributed by atoms with van der Waals surface area (Å²) in [6.45, 7) is 4.40. The second kappa shape index (κ2) is 6.47. The lowest BCUT2D eigenvalue weighted by molar-refractivity contribution is -0.146. The summed E-state index contributed by atoms with van der Waals surface area (Å²) in [6.07, 6.45) is 1.25. The number of carbonyl (C=O) groups excluding carboxylic acids is 3. The first kappa shape index (κ1) is 16.8. The van der Waals surface area contributed by atoms with Crippen LogP contribution in [0.2, 0.25) is 0 Å². The van der Waals surface area contributed by atoms with Gasteiger partial charge in [-0.3, -0.25) is 9.59 Å². The predicted octanol–water partition coefficient (Wildman–Crippen LogP) is 1.80. The van der Waals surface area contributed by atoms with Crippen LogP contribution in [0.5, 0.6) is 5.75 Å². The van der Waals surface area contributed by atoms with Gasteiger partial charge in [-0.2, -0.15) is 0 Å². The third-order valence-corrected chi connectivity index (χ3v) is 5.89. The first-order valence-corrected chi connectivity index (χ1v) is 8.99. The number of nitrogens with zero attached hydrogens (tertiary/aromatic N) is 1. The number of rotatable bonds is 4. The molecule has 2 aliphatic rings. The van der Waals surface area contributed by atoms with E-state index in [1.54, 1.807) is 40.9 Å². The Bertz CT molecular complexity index is 676. The topological polar surface area (TPSA) is 75.7 Å². The molecule has 1 aromatic carbocycles. The van der Waals surface area contributed by atoms with Crippen molar-refractivity contribution in [3.63, 3.8) is 0 Å². The fraction of sp³-hybridized carbons (Fsp3) is 0.471. The van der Waals surface area contributed by atoms with Gasteiger partial charge in [0.15, 0.2) is 0 Å². The molecule has 2 atom stereocenters. The van der Waals surface area contributed by atoms with Crippen LogP contribution in [0.15, 0.2) is 24.3 Å². The van der Waals surface area contributed by atoms with Gasteiger partial charge in [-0.05, 0) is 44.5 Å². The Labute approximate surface area is 144 Å². The molecule has 24 heavy (non-hydrogen) atoms. The van der Waals surface area contributed by atoms with Gasteiger partial charge in [-0.25, -0.2) is 4.79 Å². The lowest BCUT2D eigenvalue weighted by Crippen LogP contribution is -2.47. The lowest BCUT2D eigenvalue weighted by atomic mass is 10.2. The number of fused-ring (bicyclic) bond motifs is 1. The molecule has 1 aromatic rings. The van der Waals surface area contributed by atoms with Crippen molar-refractivity contribution in [2.24, 2.45) is 0 Å². The van der Waals surface area contributed by atoms with Crippen LogP contribution >= 0.6 is 11.8 Å². The molecular formula is C17H20N2O4S. The van der Waals surface area contributed by atoms with Crippen LogP contribution in [0.4, 0.5) is 0 Å². The Morgan fingerprint density at radius 2 is 2.08 bits per heavy atom. The van der Waals surface area contributed by atoms with Gasteiger partial charge in [0.25, 0.3) is 5.91 Å². The zero-order chi connectivity index (χ0) is 17.3. The minimum Gasteiger partial charge on any atom is -0.425 e. The van der Waals surface area contributed by atoms with Crippen molar-refractivity contribution >= 4 is 29.5 Å². The number of esters is 1. The summed E-state index contributed by atoms with van der Waals surface area (Å²) in [6, 6.07) is 5.87. The van der Waals surface area contributed by atoms with Gasteiger partial charge in [-0.15, -0.1) is 11.8 Å². The van der Waals surface area contributed by atoms with Crippen molar-refractivity contribution in [1.29, 1.82) is 0 Å². The summed E-state index contributed by atoms with van der Waals surface area (Å²) >= 11 is 1.63. The van der Waals surface area contributed by atoms with Crippen LogP contribution in [0, 0.1) is 0 Å². The van der Waals surface area contributed by atoms with Gasteiger partial charge < -0.3 is 15.0 Å². The average molecular weight is 348 g/mol. The minimum atomic E-state index is -0.543. The molecule has 2 heterocycles. The summed E-state index contributed by atoms with van der Waals surface area (Å²) in [7, 11) is 0. The number of nitrogens with one attached hydrogen (secondary N) is 1. The van der Waals surface area contributed by atoms with E-state index in [1.165, 1.54) is 0 Å². The third-order valence-electron chi connectivity index (χ3n) is 4.39. The summed E-state index contributed by atoms with van der Waals surface area (Å²) in [5, 5.41) is 2.71. The Hall–Kier alpha value is -2.02. The predicted molar refractivity (Wildman–Crippen MR) is 90.8 cm³/mol. The molecule has 2 saturated heterocycles. The lowest BCUT2D eigenvalue weighted by Gasteiger charge is -2.29. The summed E-state index contributed by atoms with van der Waals surface area (Å²) in [4.78, 5) is 37.6. The van der Waals surface area contributed by atoms with E-state index < -0.39 is 12.0 Å². The van der Waals surface area contributed by atoms with Gasteiger partial charge in [0.05, 0.1) is 4.87 Å². The number of amides is 2. The monoisotopic (exact) mass is 348 g/mol. The SMILES string of the molecule is CCNC(=O)c1ccc(OC(=O)[C@@H]2CS[C@]3(C)CCC(=O)N23)cc1. The van der Waals surface area contributed by atoms with Crippen LogP contribution in [0.1, 0.15) is 37.0 Å². The highest BCUT2D eigenvalue weighted by molar-refractivity contribution is 8.01. The Kier molecular flexibility index (Phi) is 4.54. The molecule has 6 nitrogen and oxygen atoms in total. The smallest absolute Gasteiger partial charge is 0.335 e. The van der Waals surface area contributed by atoms with Crippen molar-refractivity contribution in [3.8, 4) is 5.75 Å². The molecule has 0 radical (unpaired) electrons. The first-order valence-electron chi connectivity index (χ1n) is 8.00. The van der Waals surface area contributed by atoms with Crippen molar-refractivity contribution in [1.82, 2.24) is 10.2 Å². The first-order chi connectivity index (χ1) is 11.4. The summed E-state index contributed by atoms with van der Waals surface area (Å²) < 4.78 is 5.42. The van der Waals surface area contributed by atoms with Gasteiger partial charge in [0, 0.05) is 24.3 Å². The maximum Gasteiger partial charge on any atom is 0.335 e. The third kappa shape index (κ3) is 3.00. The van der Waals surface area contributed by atoms with E-state index in [2.05, 4.69) is 5.32 Å². The summed E-state index contributed by atoms with van der Waals surface area (Å²) in [5.74, 6) is 0.348. The normalized spacial score (nSPS) is 25.5. The Balaban J connectivity index is 1.67. The molecule has 0 aromatic heterocycles. The fourth-order valence-electron chi connectivity index (χ4n) is 3.12. The Morgan fingerprint density at radius 1 is 1.38 bits per heavy atom. The van der Waals surface area contributed by atoms with E-state index in [0.717, 1.165) is 6.42 Å². The highest BCUT2D eigenvalue weighted by Gasteiger charge is 2.53. The number of hydrogen-bond acceptors (Lipinski definition) is 5. The summed E-state index contributed by atoms with van der Waals surface area (Å²) in [5.41, 5.74) is 0.510. The maximum atomic E-state index is 12.5. The fourth-order valence-corrected chi connectivity index (χ4v) is 4.53. The number of hydrogen-bond donors (Lipinski definition) is 1. The van der Waals surface area contributed by atoms with Crippen LogP contribution in [0.25, 0.3) is 0 Å². The molecule has 0 spiro atoms. The molecule has 2 amide bonds. The molecular weight excluding hydrogens is 328 g/mol. The van der Waals surface area contributed by atoms with Crippen LogP contribution in [-0.2, 0) is 9.59 Å². The van der Waals surface area contributed by atoms with Crippen molar-refractivity contribution in [2.45, 2.75) is 37.6 Å². The molecule has 2 fully saturated rings. The van der Waals surface area contributed by atoms with Crippen LogP contribution in [-0.4, -0.2) is 45.9 Å². The van der Waals surface area contributed by atoms with E-state index in [0.29, 0.717) is 30.0 Å². The quantitative estimate of drug-likeness (QED) is 0.663. The van der Waals surface area contributed by atoms with Crippen molar-refractivity contribution in [3.05, 3.63) is 29.8 Å². The molecule has 0 aliphatic carbocycles. The molecule has 7 heteroatoms. The highest BCUT2D eigenvalue weighted by atomic mass is 32.2. The average Bonchev–Trinajstić information content (AvgIpc) is 3.05. The van der Waals surface area contributed by atoms with E-state index in [9.17, 15) is 14.4 Å². The van der Waals surface area contributed by atoms with Crippen molar-refractivity contribution in [2.75, 3.05) is 12.3 Å². The molecule has 0 unspecified atom stereocenters. The van der Waals surface area contributed by atoms with Gasteiger partial charge in [-0.1, -0.05) is 0 Å². The van der Waals surface area contributed by atoms with Gasteiger partial charge in [0.1, 0.15) is 11.8 Å². The molecule has 3 rings (SSSR count). The number of benzene rings is 1. The second-order valence-electron chi connectivity index (χ2n) is 6.07. The number of ether oxygens (including phenoxy) is 1. The van der Waals surface area contributed by atoms with E-state index in [4.69, 9.17) is 4.74 Å². The van der Waals surface area contributed by atoms with Gasteiger partial charge in [0.2, 0.25) is 5.91 Å². The Morgan fingerprint density at radius 3 is 2.75 bits per heavy atom. The molecule has 1 N–H and O–H groups in total. The standard InChI is InChI=1S/C17H20N2O4S/c1-3-18-15(21)11-4-6-12(7-5-11)23-16(22)13-10-24-17(2)9-8-14(20)19(13)17/h4-7,13H,3,8-10H2,1-2H3,(H,18,21)/t13-,17+/m0/s1. The zero-order valence-electron chi connectivity index (χ0n) is 13.7. The highest BCUT2D eigenvalue weighted by Crippen LogP contribution is 2.47. The minimum absolute atomic E-state index is 0.0102. The van der Waals surface area contributed by atoms with Crippen molar-refractivity contribution < 1.29 is 19.1 Å². The zero-order valence-corrected chi connectivity index (χ0v) is 14.5. The van der Waals surface area contributed by atoms with E-state index >= 15 is 0 Å². The number of thioether (sulfide) groups is 1. The largest absolute Gasteiger partial charge is 0.425 e.